The van der Waals surface area contributed by atoms with Gasteiger partial charge in [0.15, 0.2) is 5.69 Å². The second-order valence-electron chi connectivity index (χ2n) is 8.26. The highest BCUT2D eigenvalue weighted by Gasteiger charge is 2.18. The number of nitrogens with one attached hydrogen (secondary N) is 1. The quantitative estimate of drug-likeness (QED) is 0.397. The van der Waals surface area contributed by atoms with Crippen LogP contribution in [0.25, 0.3) is 27.7 Å². The number of hydrogen-bond donors (Lipinski definition) is 1. The average Bonchev–Trinajstić information content (AvgIpc) is 3.28. The Kier molecular flexibility index (Phi) is 6.54. The first-order valence-corrected chi connectivity index (χ1v) is 11.1. The normalized spacial score (nSPS) is 11.0. The van der Waals surface area contributed by atoms with Crippen molar-refractivity contribution in [2.24, 2.45) is 5.92 Å². The summed E-state index contributed by atoms with van der Waals surface area (Å²) in [5.41, 5.74) is 3.24. The monoisotopic (exact) mass is 441 g/mol. The molecule has 0 radical (unpaired) electrons. The van der Waals surface area contributed by atoms with Crippen molar-refractivity contribution in [3.05, 3.63) is 84.1 Å². The molecule has 0 aliphatic carbocycles. The minimum Gasteiger partial charge on any atom is -0.461 e. The van der Waals surface area contributed by atoms with Crippen LogP contribution in [0.1, 0.15) is 41.6 Å². The van der Waals surface area contributed by atoms with Crippen LogP contribution in [-0.4, -0.2) is 34.8 Å². The summed E-state index contributed by atoms with van der Waals surface area (Å²) in [6, 6.07) is 23.2. The van der Waals surface area contributed by atoms with Gasteiger partial charge in [0.2, 0.25) is 0 Å². The summed E-state index contributed by atoms with van der Waals surface area (Å²) < 4.78 is 6.88. The van der Waals surface area contributed by atoms with Crippen LogP contribution in [0.4, 0.5) is 0 Å². The van der Waals surface area contributed by atoms with E-state index in [1.807, 2.05) is 36.4 Å². The van der Waals surface area contributed by atoms with E-state index in [9.17, 15) is 9.59 Å². The smallest absolute Gasteiger partial charge is 0.358 e. The Morgan fingerprint density at radius 3 is 2.39 bits per heavy atom. The predicted octanol–water partition coefficient (Wildman–Crippen LogP) is 5.26. The Balaban J connectivity index is 1.73. The second-order valence-corrected chi connectivity index (χ2v) is 8.26. The van der Waals surface area contributed by atoms with E-state index in [-0.39, 0.29) is 18.2 Å². The number of carbonyl (C=O) groups excluding carboxylic acids is 2. The van der Waals surface area contributed by atoms with Crippen molar-refractivity contribution in [2.75, 3.05) is 13.2 Å². The van der Waals surface area contributed by atoms with Crippen molar-refractivity contribution < 1.29 is 14.3 Å². The minimum absolute atomic E-state index is 0.113. The van der Waals surface area contributed by atoms with Crippen LogP contribution in [0.15, 0.2) is 72.8 Å². The molecule has 6 nitrogen and oxygen atoms in total. The molecule has 4 rings (SSSR count). The van der Waals surface area contributed by atoms with E-state index < -0.39 is 5.97 Å². The molecular formula is C27H27N3O3. The third-order valence-corrected chi connectivity index (χ3v) is 5.28. The first kappa shape index (κ1) is 22.3. The molecule has 0 bridgehead atoms. The molecule has 1 N–H and O–H groups in total. The third-order valence-electron chi connectivity index (χ3n) is 5.28. The lowest BCUT2D eigenvalue weighted by Crippen LogP contribution is -2.27. The maximum atomic E-state index is 12.4. The van der Waals surface area contributed by atoms with Crippen LogP contribution in [0.5, 0.6) is 0 Å². The Morgan fingerprint density at radius 1 is 0.970 bits per heavy atom. The summed E-state index contributed by atoms with van der Waals surface area (Å²) in [4.78, 5) is 24.8. The number of amides is 1. The van der Waals surface area contributed by atoms with Crippen molar-refractivity contribution in [1.29, 1.82) is 0 Å². The summed E-state index contributed by atoms with van der Waals surface area (Å²) in [5.74, 6) is -0.205. The van der Waals surface area contributed by atoms with Gasteiger partial charge in [-0.25, -0.2) is 9.48 Å². The summed E-state index contributed by atoms with van der Waals surface area (Å²) in [6.07, 6.45) is 0. The highest BCUT2D eigenvalue weighted by Crippen LogP contribution is 2.28. The standard InChI is InChI=1S/C27H27N3O3/c1-4-33-27(32)24-16-25(22-10-9-19-7-5-6-8-21(19)15-22)30(29-24)23-13-11-20(12-14-23)26(31)28-17-18(2)3/h5-16,18H,4,17H2,1-3H3,(H,28,31). The molecule has 0 saturated heterocycles. The number of esters is 1. The van der Waals surface area contributed by atoms with Crippen LogP contribution in [0.3, 0.4) is 0 Å². The molecule has 168 valence electrons. The van der Waals surface area contributed by atoms with Gasteiger partial charge in [-0.2, -0.15) is 5.10 Å². The molecule has 1 amide bonds. The second kappa shape index (κ2) is 9.69. The molecule has 0 aliphatic heterocycles. The zero-order valence-corrected chi connectivity index (χ0v) is 19.0. The molecule has 0 unspecified atom stereocenters. The van der Waals surface area contributed by atoms with Gasteiger partial charge in [0.05, 0.1) is 18.0 Å². The van der Waals surface area contributed by atoms with Gasteiger partial charge < -0.3 is 10.1 Å². The lowest BCUT2D eigenvalue weighted by molar-refractivity contribution is 0.0519. The largest absolute Gasteiger partial charge is 0.461 e. The fraction of sp³-hybridized carbons (Fsp3) is 0.222. The molecule has 0 saturated carbocycles. The summed E-state index contributed by atoms with van der Waals surface area (Å²) in [5, 5.41) is 9.68. The van der Waals surface area contributed by atoms with E-state index >= 15 is 0 Å². The van der Waals surface area contributed by atoms with E-state index in [2.05, 4.69) is 42.5 Å². The van der Waals surface area contributed by atoms with Crippen LogP contribution in [0.2, 0.25) is 0 Å². The Labute approximate surface area is 193 Å². The van der Waals surface area contributed by atoms with E-state index in [1.54, 1.807) is 29.8 Å². The van der Waals surface area contributed by atoms with Crippen LogP contribution < -0.4 is 5.32 Å². The number of fused-ring (bicyclic) bond motifs is 1. The van der Waals surface area contributed by atoms with Gasteiger partial charge >= 0.3 is 5.97 Å². The molecule has 6 heteroatoms. The zero-order chi connectivity index (χ0) is 23.4. The predicted molar refractivity (Wildman–Crippen MR) is 130 cm³/mol. The first-order valence-electron chi connectivity index (χ1n) is 11.1. The van der Waals surface area contributed by atoms with E-state index in [1.165, 1.54) is 0 Å². The molecule has 1 aromatic heterocycles. The number of ether oxygens (including phenoxy) is 1. The van der Waals surface area contributed by atoms with Gasteiger partial charge in [0.25, 0.3) is 5.91 Å². The number of hydrogen-bond acceptors (Lipinski definition) is 4. The van der Waals surface area contributed by atoms with Crippen molar-refractivity contribution >= 4 is 22.6 Å². The Bertz CT molecular complexity index is 1290. The van der Waals surface area contributed by atoms with Gasteiger partial charge in [-0.1, -0.05) is 50.2 Å². The molecular weight excluding hydrogens is 414 g/mol. The topological polar surface area (TPSA) is 73.2 Å². The Morgan fingerprint density at radius 2 is 1.70 bits per heavy atom. The number of aromatic nitrogens is 2. The van der Waals surface area contributed by atoms with Crippen molar-refractivity contribution in [3.63, 3.8) is 0 Å². The summed E-state index contributed by atoms with van der Waals surface area (Å²) in [6.45, 7) is 6.77. The molecule has 33 heavy (non-hydrogen) atoms. The van der Waals surface area contributed by atoms with E-state index in [0.29, 0.717) is 18.0 Å². The first-order chi connectivity index (χ1) is 16.0. The van der Waals surface area contributed by atoms with E-state index in [4.69, 9.17) is 4.74 Å². The number of benzene rings is 3. The molecule has 3 aromatic carbocycles. The number of nitrogens with zero attached hydrogens (tertiary/aromatic N) is 2. The fourth-order valence-electron chi connectivity index (χ4n) is 3.59. The van der Waals surface area contributed by atoms with Gasteiger partial charge in [-0.05, 0) is 60.0 Å². The minimum atomic E-state index is -0.469. The van der Waals surface area contributed by atoms with E-state index in [0.717, 1.165) is 27.7 Å². The number of carbonyl (C=O) groups is 2. The van der Waals surface area contributed by atoms with Crippen molar-refractivity contribution in [3.8, 4) is 16.9 Å². The lowest BCUT2D eigenvalue weighted by atomic mass is 10.0. The molecule has 0 atom stereocenters. The van der Waals surface area contributed by atoms with Crippen LogP contribution in [-0.2, 0) is 4.74 Å². The zero-order valence-electron chi connectivity index (χ0n) is 19.0. The lowest BCUT2D eigenvalue weighted by Gasteiger charge is -2.10. The maximum absolute atomic E-state index is 12.4. The fourth-order valence-corrected chi connectivity index (χ4v) is 3.59. The highest BCUT2D eigenvalue weighted by atomic mass is 16.5. The van der Waals surface area contributed by atoms with Gasteiger partial charge in [-0.15, -0.1) is 0 Å². The molecule has 1 heterocycles. The van der Waals surface area contributed by atoms with Gasteiger partial charge in [0.1, 0.15) is 0 Å². The highest BCUT2D eigenvalue weighted by molar-refractivity contribution is 5.94. The van der Waals surface area contributed by atoms with Crippen LogP contribution >= 0.6 is 0 Å². The van der Waals surface area contributed by atoms with Crippen molar-refractivity contribution in [1.82, 2.24) is 15.1 Å². The molecule has 4 aromatic rings. The summed E-state index contributed by atoms with van der Waals surface area (Å²) in [7, 11) is 0. The number of rotatable bonds is 7. The Hall–Kier alpha value is -3.93. The van der Waals surface area contributed by atoms with Gasteiger partial charge in [0, 0.05) is 17.7 Å². The third kappa shape index (κ3) is 4.95. The molecule has 0 spiro atoms. The van der Waals surface area contributed by atoms with Crippen LogP contribution in [0, 0.1) is 5.92 Å². The SMILES string of the molecule is CCOC(=O)c1cc(-c2ccc3ccccc3c2)n(-c2ccc(C(=O)NCC(C)C)cc2)n1. The maximum Gasteiger partial charge on any atom is 0.358 e. The summed E-state index contributed by atoms with van der Waals surface area (Å²) >= 11 is 0. The molecule has 0 aliphatic rings. The van der Waals surface area contributed by atoms with Gasteiger partial charge in [-0.3, -0.25) is 4.79 Å². The molecule has 0 fully saturated rings. The average molecular weight is 442 g/mol. The van der Waals surface area contributed by atoms with Crippen molar-refractivity contribution in [2.45, 2.75) is 20.8 Å².